The summed E-state index contributed by atoms with van der Waals surface area (Å²) < 4.78 is 7.27. The molecule has 2 aromatic heterocycles. The summed E-state index contributed by atoms with van der Waals surface area (Å²) in [6.45, 7) is 8.38. The summed E-state index contributed by atoms with van der Waals surface area (Å²) in [7, 11) is 1.62. The molecule has 7 nitrogen and oxygen atoms in total. The standard InChI is InChI=1S/C28H30N4O3S2/c1-17-5-10-24-29-25(30-13-18(2)11-19(3)14-30)22(26(33)31(24)15-17)12-23-27(34)32(28(36)37-23)16-20-6-8-21(35-4)9-7-20/h5-10,12,15,18-19H,11,13-14,16H2,1-4H3/b23-12+. The van der Waals surface area contributed by atoms with Gasteiger partial charge in [-0.15, -0.1) is 0 Å². The van der Waals surface area contributed by atoms with E-state index >= 15 is 0 Å². The number of thiocarbonyl (C=S) groups is 1. The van der Waals surface area contributed by atoms with Crippen LogP contribution in [0.5, 0.6) is 5.75 Å². The molecule has 1 aromatic carbocycles. The summed E-state index contributed by atoms with van der Waals surface area (Å²) in [4.78, 5) is 36.4. The number of carbonyl (C=O) groups excluding carboxylic acids is 1. The van der Waals surface area contributed by atoms with Gasteiger partial charge in [0.2, 0.25) is 0 Å². The van der Waals surface area contributed by atoms with E-state index in [1.807, 2.05) is 43.3 Å². The molecule has 0 N–H and O–H groups in total. The van der Waals surface area contributed by atoms with Crippen LogP contribution in [0, 0.1) is 18.8 Å². The fraction of sp³-hybridized carbons (Fsp3) is 0.357. The molecule has 2 atom stereocenters. The molecule has 9 heteroatoms. The normalized spacial score (nSPS) is 21.4. The number of carbonyl (C=O) groups is 1. The molecule has 1 amide bonds. The molecule has 0 bridgehead atoms. The number of fused-ring (bicyclic) bond motifs is 1. The first-order chi connectivity index (χ1) is 17.7. The van der Waals surface area contributed by atoms with E-state index in [0.29, 0.717) is 44.6 Å². The molecule has 192 valence electrons. The van der Waals surface area contributed by atoms with Crippen molar-refractivity contribution >= 4 is 51.7 Å². The lowest BCUT2D eigenvalue weighted by atomic mass is 9.91. The van der Waals surface area contributed by atoms with Crippen LogP contribution in [0.3, 0.4) is 0 Å². The van der Waals surface area contributed by atoms with Crippen molar-refractivity contribution in [3.8, 4) is 5.75 Å². The van der Waals surface area contributed by atoms with Gasteiger partial charge in [-0.05, 0) is 60.6 Å². The minimum Gasteiger partial charge on any atom is -0.497 e. The van der Waals surface area contributed by atoms with Crippen LogP contribution in [0.2, 0.25) is 0 Å². The van der Waals surface area contributed by atoms with Gasteiger partial charge in [-0.25, -0.2) is 4.98 Å². The number of aromatic nitrogens is 2. The van der Waals surface area contributed by atoms with Gasteiger partial charge >= 0.3 is 0 Å². The first-order valence-electron chi connectivity index (χ1n) is 12.4. The predicted molar refractivity (Wildman–Crippen MR) is 153 cm³/mol. The third kappa shape index (κ3) is 5.15. The average Bonchev–Trinajstić information content (AvgIpc) is 3.13. The Hall–Kier alpha value is -3.17. The maximum atomic E-state index is 13.8. The zero-order valence-corrected chi connectivity index (χ0v) is 23.1. The highest BCUT2D eigenvalue weighted by molar-refractivity contribution is 8.26. The Morgan fingerprint density at radius 3 is 2.49 bits per heavy atom. The second-order valence-electron chi connectivity index (χ2n) is 10.1. The van der Waals surface area contributed by atoms with Gasteiger partial charge in [-0.3, -0.25) is 18.9 Å². The molecule has 3 aromatic rings. The van der Waals surface area contributed by atoms with E-state index in [-0.39, 0.29) is 11.5 Å². The highest BCUT2D eigenvalue weighted by Gasteiger charge is 2.33. The molecular formula is C28H30N4O3S2. The second kappa shape index (κ2) is 10.3. The first-order valence-corrected chi connectivity index (χ1v) is 13.6. The number of ether oxygens (including phenoxy) is 1. The Bertz CT molecular complexity index is 1450. The molecule has 2 unspecified atom stereocenters. The van der Waals surface area contributed by atoms with Crippen molar-refractivity contribution < 1.29 is 9.53 Å². The predicted octanol–water partition coefficient (Wildman–Crippen LogP) is 4.90. The summed E-state index contributed by atoms with van der Waals surface area (Å²) in [5.41, 5.74) is 2.74. The number of hydrogen-bond acceptors (Lipinski definition) is 7. The number of benzene rings is 1. The quantitative estimate of drug-likeness (QED) is 0.341. The molecule has 2 aliphatic rings. The largest absolute Gasteiger partial charge is 0.497 e. The molecular weight excluding hydrogens is 504 g/mol. The molecule has 0 saturated carbocycles. The summed E-state index contributed by atoms with van der Waals surface area (Å²) >= 11 is 6.79. The number of nitrogens with zero attached hydrogens (tertiary/aromatic N) is 4. The Labute approximate surface area is 226 Å². The zero-order chi connectivity index (χ0) is 26.3. The van der Waals surface area contributed by atoms with E-state index in [1.165, 1.54) is 11.8 Å². The average molecular weight is 535 g/mol. The molecule has 0 aliphatic carbocycles. The van der Waals surface area contributed by atoms with Gasteiger partial charge in [0, 0.05) is 19.3 Å². The Kier molecular flexibility index (Phi) is 7.09. The van der Waals surface area contributed by atoms with Gasteiger partial charge in [0.05, 0.1) is 24.1 Å². The third-order valence-electron chi connectivity index (χ3n) is 6.80. The van der Waals surface area contributed by atoms with Gasteiger partial charge < -0.3 is 9.64 Å². The number of thioether (sulfide) groups is 1. The van der Waals surface area contributed by atoms with Crippen molar-refractivity contribution in [1.82, 2.24) is 14.3 Å². The molecule has 37 heavy (non-hydrogen) atoms. The van der Waals surface area contributed by atoms with E-state index in [1.54, 1.807) is 28.7 Å². The maximum Gasteiger partial charge on any atom is 0.267 e. The monoisotopic (exact) mass is 534 g/mol. The van der Waals surface area contributed by atoms with Crippen LogP contribution < -0.4 is 15.2 Å². The number of methoxy groups -OCH3 is 1. The lowest BCUT2D eigenvalue weighted by Crippen LogP contribution is -2.40. The van der Waals surface area contributed by atoms with E-state index in [4.69, 9.17) is 21.9 Å². The van der Waals surface area contributed by atoms with Crippen LogP contribution in [0.15, 0.2) is 52.3 Å². The number of amides is 1. The number of rotatable bonds is 5. The molecule has 4 heterocycles. The summed E-state index contributed by atoms with van der Waals surface area (Å²) in [6.07, 6.45) is 4.63. The van der Waals surface area contributed by atoms with Crippen LogP contribution >= 0.6 is 24.0 Å². The van der Waals surface area contributed by atoms with Crippen LogP contribution in [-0.4, -0.2) is 44.7 Å². The SMILES string of the molecule is COc1ccc(CN2C(=O)/C(=C\c3c(N4CC(C)CC(C)C4)nc4ccc(C)cn4c3=O)SC2=S)cc1. The van der Waals surface area contributed by atoms with Gasteiger partial charge in [-0.2, -0.15) is 0 Å². The maximum absolute atomic E-state index is 13.8. The van der Waals surface area contributed by atoms with Crippen molar-refractivity contribution in [1.29, 1.82) is 0 Å². The van der Waals surface area contributed by atoms with Gasteiger partial charge in [-0.1, -0.05) is 56.0 Å². The topological polar surface area (TPSA) is 67.2 Å². The van der Waals surface area contributed by atoms with Gasteiger partial charge in [0.15, 0.2) is 0 Å². The minimum atomic E-state index is -0.203. The third-order valence-corrected chi connectivity index (χ3v) is 8.18. The van der Waals surface area contributed by atoms with Crippen molar-refractivity contribution in [2.24, 2.45) is 11.8 Å². The first kappa shape index (κ1) is 25.5. The smallest absolute Gasteiger partial charge is 0.267 e. The summed E-state index contributed by atoms with van der Waals surface area (Å²) in [5, 5.41) is 0. The van der Waals surface area contributed by atoms with Crippen molar-refractivity contribution in [2.75, 3.05) is 25.1 Å². The Balaban J connectivity index is 1.55. The fourth-order valence-electron chi connectivity index (χ4n) is 5.13. The molecule has 2 fully saturated rings. The van der Waals surface area contributed by atoms with E-state index in [9.17, 15) is 9.59 Å². The fourth-order valence-corrected chi connectivity index (χ4v) is 6.37. The highest BCUT2D eigenvalue weighted by Crippen LogP contribution is 2.35. The highest BCUT2D eigenvalue weighted by atomic mass is 32.2. The number of anilines is 1. The van der Waals surface area contributed by atoms with Crippen LogP contribution in [0.1, 0.15) is 37.0 Å². The number of hydrogen-bond donors (Lipinski definition) is 0. The van der Waals surface area contributed by atoms with E-state index < -0.39 is 0 Å². The molecule has 5 rings (SSSR count). The van der Waals surface area contributed by atoms with Gasteiger partial charge in [0.25, 0.3) is 11.5 Å². The lowest BCUT2D eigenvalue weighted by molar-refractivity contribution is -0.122. The molecule has 2 aliphatic heterocycles. The van der Waals surface area contributed by atoms with Crippen LogP contribution in [0.4, 0.5) is 5.82 Å². The number of pyridine rings is 1. The summed E-state index contributed by atoms with van der Waals surface area (Å²) in [6, 6.07) is 11.4. The summed E-state index contributed by atoms with van der Waals surface area (Å²) in [5.74, 6) is 2.15. The van der Waals surface area contributed by atoms with Crippen molar-refractivity contribution in [3.63, 3.8) is 0 Å². The van der Waals surface area contributed by atoms with Gasteiger partial charge in [0.1, 0.15) is 21.5 Å². The van der Waals surface area contributed by atoms with Crippen LogP contribution in [-0.2, 0) is 11.3 Å². The van der Waals surface area contributed by atoms with Crippen molar-refractivity contribution in [2.45, 2.75) is 33.7 Å². The Morgan fingerprint density at radius 1 is 1.11 bits per heavy atom. The van der Waals surface area contributed by atoms with E-state index in [0.717, 1.165) is 36.4 Å². The van der Waals surface area contributed by atoms with Crippen molar-refractivity contribution in [3.05, 3.63) is 74.5 Å². The number of aryl methyl sites for hydroxylation is 1. The second-order valence-corrected chi connectivity index (χ2v) is 11.7. The number of piperidine rings is 1. The lowest BCUT2D eigenvalue weighted by Gasteiger charge is -2.36. The molecule has 2 saturated heterocycles. The molecule has 0 radical (unpaired) electrons. The zero-order valence-electron chi connectivity index (χ0n) is 21.4. The molecule has 0 spiro atoms. The minimum absolute atomic E-state index is 0.185. The van der Waals surface area contributed by atoms with E-state index in [2.05, 4.69) is 18.7 Å². The van der Waals surface area contributed by atoms with Crippen LogP contribution in [0.25, 0.3) is 11.7 Å². The Morgan fingerprint density at radius 2 is 1.81 bits per heavy atom.